The number of aromatic nitrogens is 2. The van der Waals surface area contributed by atoms with Crippen molar-refractivity contribution in [1.82, 2.24) is 19.2 Å². The first-order chi connectivity index (χ1) is 13.6. The van der Waals surface area contributed by atoms with Crippen molar-refractivity contribution in [3.8, 4) is 0 Å². The number of benzene rings is 1. The fourth-order valence-electron chi connectivity index (χ4n) is 3.99. The number of pyridine rings is 1. The van der Waals surface area contributed by atoms with Crippen LogP contribution in [0.25, 0.3) is 10.2 Å². The molecule has 1 aromatic carbocycles. The largest absolute Gasteiger partial charge is 0.374 e. The molecule has 0 spiro atoms. The maximum absolute atomic E-state index is 13.2. The maximum atomic E-state index is 13.2. The third-order valence-electron chi connectivity index (χ3n) is 5.43. The molecule has 2 aliphatic heterocycles. The summed E-state index contributed by atoms with van der Waals surface area (Å²) in [5.74, 6) is 0. The lowest BCUT2D eigenvalue weighted by Gasteiger charge is -2.36. The summed E-state index contributed by atoms with van der Waals surface area (Å²) >= 11 is 1.45. The molecule has 0 N–H and O–H groups in total. The molecule has 7 nitrogen and oxygen atoms in total. The lowest BCUT2D eigenvalue weighted by molar-refractivity contribution is -0.0502. The van der Waals surface area contributed by atoms with Crippen molar-refractivity contribution in [3.05, 3.63) is 53.8 Å². The second-order valence-electron chi connectivity index (χ2n) is 7.11. The minimum absolute atomic E-state index is 0.0517. The van der Waals surface area contributed by atoms with Crippen LogP contribution in [0.15, 0.2) is 53.1 Å². The van der Waals surface area contributed by atoms with E-state index in [1.165, 1.54) is 11.3 Å². The van der Waals surface area contributed by atoms with Crippen LogP contribution in [0.5, 0.6) is 0 Å². The molecule has 0 bridgehead atoms. The van der Waals surface area contributed by atoms with E-state index >= 15 is 0 Å². The van der Waals surface area contributed by atoms with Gasteiger partial charge in [-0.25, -0.2) is 13.4 Å². The zero-order valence-corrected chi connectivity index (χ0v) is 16.8. The molecule has 0 unspecified atom stereocenters. The van der Waals surface area contributed by atoms with Crippen LogP contribution in [0, 0.1) is 0 Å². The van der Waals surface area contributed by atoms with Crippen LogP contribution in [-0.2, 0) is 21.3 Å². The SMILES string of the molecule is O=S(=O)(c1ccc2ncsc2c1)N1C[C@@H]2OCCN(Cc3cccnc3)[C@H]2C1. The van der Waals surface area contributed by atoms with E-state index in [0.29, 0.717) is 24.6 Å². The molecule has 2 atom stereocenters. The Morgan fingerprint density at radius 2 is 2.18 bits per heavy atom. The molecule has 0 aliphatic carbocycles. The third-order valence-corrected chi connectivity index (χ3v) is 8.05. The van der Waals surface area contributed by atoms with Gasteiger partial charge in [-0.3, -0.25) is 9.88 Å². The fraction of sp³-hybridized carbons (Fsp3) is 0.368. The van der Waals surface area contributed by atoms with Crippen LogP contribution in [-0.4, -0.2) is 66.0 Å². The van der Waals surface area contributed by atoms with Crippen molar-refractivity contribution >= 4 is 31.6 Å². The predicted octanol–water partition coefficient (Wildman–Crippen LogP) is 1.97. The topological polar surface area (TPSA) is 75.6 Å². The van der Waals surface area contributed by atoms with Crippen LogP contribution >= 0.6 is 11.3 Å². The Morgan fingerprint density at radius 1 is 1.25 bits per heavy atom. The number of rotatable bonds is 4. The minimum atomic E-state index is -3.57. The number of ether oxygens (including phenoxy) is 1. The molecular formula is C19H20N4O3S2. The Hall–Kier alpha value is -1.91. The van der Waals surface area contributed by atoms with Crippen molar-refractivity contribution in [2.75, 3.05) is 26.2 Å². The van der Waals surface area contributed by atoms with E-state index in [4.69, 9.17) is 4.74 Å². The van der Waals surface area contributed by atoms with Gasteiger partial charge in [0.2, 0.25) is 10.0 Å². The normalized spacial score (nSPS) is 23.9. The summed E-state index contributed by atoms with van der Waals surface area (Å²) in [6.45, 7) is 2.98. The summed E-state index contributed by atoms with van der Waals surface area (Å²) in [4.78, 5) is 11.0. The Labute approximate surface area is 167 Å². The molecule has 146 valence electrons. The second kappa shape index (κ2) is 7.16. The minimum Gasteiger partial charge on any atom is -0.374 e. The monoisotopic (exact) mass is 416 g/mol. The molecule has 2 aromatic heterocycles. The number of nitrogens with zero attached hydrogens (tertiary/aromatic N) is 4. The highest BCUT2D eigenvalue weighted by Gasteiger charge is 2.44. The van der Waals surface area contributed by atoms with Crippen molar-refractivity contribution < 1.29 is 13.2 Å². The molecule has 0 saturated carbocycles. The zero-order valence-electron chi connectivity index (χ0n) is 15.1. The van der Waals surface area contributed by atoms with Crippen molar-refractivity contribution in [2.24, 2.45) is 0 Å². The Morgan fingerprint density at radius 3 is 3.04 bits per heavy atom. The molecule has 4 heterocycles. The standard InChI is InChI=1S/C19H20N4O3S2/c24-28(25,15-3-4-16-19(8-15)27-13-21-16)23-11-17-18(12-23)26-7-6-22(17)10-14-2-1-5-20-9-14/h1-5,8-9,13,17-18H,6-7,10-12H2/t17-,18-/m0/s1. The van der Waals surface area contributed by atoms with Gasteiger partial charge in [0.25, 0.3) is 0 Å². The van der Waals surface area contributed by atoms with Crippen molar-refractivity contribution in [3.63, 3.8) is 0 Å². The van der Waals surface area contributed by atoms with Gasteiger partial charge in [0.1, 0.15) is 0 Å². The highest BCUT2D eigenvalue weighted by Crippen LogP contribution is 2.30. The number of sulfonamides is 1. The zero-order chi connectivity index (χ0) is 19.1. The predicted molar refractivity (Wildman–Crippen MR) is 107 cm³/mol. The average molecular weight is 417 g/mol. The summed E-state index contributed by atoms with van der Waals surface area (Å²) in [7, 11) is -3.57. The quantitative estimate of drug-likeness (QED) is 0.647. The van der Waals surface area contributed by atoms with Gasteiger partial charge in [-0.05, 0) is 29.8 Å². The van der Waals surface area contributed by atoms with Crippen LogP contribution < -0.4 is 0 Å². The Bertz CT molecular complexity index is 1090. The molecule has 3 aromatic rings. The first-order valence-electron chi connectivity index (χ1n) is 9.19. The van der Waals surface area contributed by atoms with Crippen LogP contribution in [0.4, 0.5) is 0 Å². The van der Waals surface area contributed by atoms with E-state index in [0.717, 1.165) is 28.9 Å². The number of hydrogen-bond donors (Lipinski definition) is 0. The van der Waals surface area contributed by atoms with Crippen LogP contribution in [0.2, 0.25) is 0 Å². The maximum Gasteiger partial charge on any atom is 0.243 e. The number of hydrogen-bond acceptors (Lipinski definition) is 7. The van der Waals surface area contributed by atoms with E-state index in [9.17, 15) is 8.42 Å². The average Bonchev–Trinajstić information content (AvgIpc) is 3.36. The van der Waals surface area contributed by atoms with E-state index in [1.54, 1.807) is 34.2 Å². The van der Waals surface area contributed by atoms with E-state index < -0.39 is 10.0 Å². The smallest absolute Gasteiger partial charge is 0.243 e. The Balaban J connectivity index is 1.38. The Kier molecular flexibility index (Phi) is 4.64. The highest BCUT2D eigenvalue weighted by molar-refractivity contribution is 7.89. The second-order valence-corrected chi connectivity index (χ2v) is 9.94. The summed E-state index contributed by atoms with van der Waals surface area (Å²) in [6.07, 6.45) is 3.51. The molecule has 0 radical (unpaired) electrons. The molecule has 28 heavy (non-hydrogen) atoms. The number of fused-ring (bicyclic) bond motifs is 2. The molecule has 2 saturated heterocycles. The van der Waals surface area contributed by atoms with Gasteiger partial charge in [-0.1, -0.05) is 6.07 Å². The van der Waals surface area contributed by atoms with E-state index in [1.807, 2.05) is 18.3 Å². The molecule has 5 rings (SSSR count). The summed E-state index contributed by atoms with van der Waals surface area (Å²) < 4.78 is 34.8. The van der Waals surface area contributed by atoms with Gasteiger partial charge < -0.3 is 4.74 Å². The van der Waals surface area contributed by atoms with Gasteiger partial charge in [0, 0.05) is 38.6 Å². The van der Waals surface area contributed by atoms with Crippen LogP contribution in [0.3, 0.4) is 0 Å². The summed E-state index contributed by atoms with van der Waals surface area (Å²) in [5.41, 5.74) is 3.68. The summed E-state index contributed by atoms with van der Waals surface area (Å²) in [5, 5.41) is 0. The lowest BCUT2D eigenvalue weighted by atomic mass is 10.1. The van der Waals surface area contributed by atoms with Crippen molar-refractivity contribution in [2.45, 2.75) is 23.6 Å². The summed E-state index contributed by atoms with van der Waals surface area (Å²) in [6, 6.07) is 9.16. The van der Waals surface area contributed by atoms with E-state index in [2.05, 4.69) is 14.9 Å². The number of thiazole rings is 1. The van der Waals surface area contributed by atoms with Gasteiger partial charge in [-0.2, -0.15) is 4.31 Å². The first kappa shape index (κ1) is 18.1. The van der Waals surface area contributed by atoms with Gasteiger partial charge in [0.05, 0.1) is 39.4 Å². The molecule has 0 amide bonds. The van der Waals surface area contributed by atoms with Gasteiger partial charge in [-0.15, -0.1) is 11.3 Å². The lowest BCUT2D eigenvalue weighted by Crippen LogP contribution is -2.50. The molecule has 9 heteroatoms. The van der Waals surface area contributed by atoms with Crippen molar-refractivity contribution in [1.29, 1.82) is 0 Å². The molecule has 2 aliphatic rings. The van der Waals surface area contributed by atoms with Gasteiger partial charge >= 0.3 is 0 Å². The molecular weight excluding hydrogens is 396 g/mol. The molecule has 2 fully saturated rings. The highest BCUT2D eigenvalue weighted by atomic mass is 32.2. The van der Waals surface area contributed by atoms with Crippen LogP contribution in [0.1, 0.15) is 5.56 Å². The fourth-order valence-corrected chi connectivity index (χ4v) is 6.28. The van der Waals surface area contributed by atoms with E-state index in [-0.39, 0.29) is 12.1 Å². The van der Waals surface area contributed by atoms with Gasteiger partial charge in [0.15, 0.2) is 0 Å². The number of morpholine rings is 1. The first-order valence-corrected chi connectivity index (χ1v) is 11.5. The third kappa shape index (κ3) is 3.23.